The predicted molar refractivity (Wildman–Crippen MR) is 83.5 cm³/mol. The fourth-order valence-corrected chi connectivity index (χ4v) is 3.79. The molecule has 4 atom stereocenters. The predicted octanol–water partition coefficient (Wildman–Crippen LogP) is 3.05. The molecule has 1 amide bonds. The number of carbonyl (C=O) groups is 1. The maximum absolute atomic E-state index is 12.0. The zero-order valence-electron chi connectivity index (χ0n) is 13.7. The molecule has 1 saturated heterocycles. The zero-order valence-corrected chi connectivity index (χ0v) is 13.7. The van der Waals surface area contributed by atoms with Gasteiger partial charge in [-0.3, -0.25) is 9.69 Å². The van der Waals surface area contributed by atoms with Gasteiger partial charge in [-0.25, -0.2) is 0 Å². The lowest BCUT2D eigenvalue weighted by Crippen LogP contribution is -2.57. The van der Waals surface area contributed by atoms with E-state index in [1.165, 1.54) is 38.6 Å². The van der Waals surface area contributed by atoms with E-state index in [1.54, 1.807) is 0 Å². The first-order valence-corrected chi connectivity index (χ1v) is 8.55. The van der Waals surface area contributed by atoms with Crippen molar-refractivity contribution in [3.8, 4) is 0 Å². The summed E-state index contributed by atoms with van der Waals surface area (Å²) in [5.74, 6) is 1.92. The van der Waals surface area contributed by atoms with Crippen LogP contribution in [0.4, 0.5) is 0 Å². The van der Waals surface area contributed by atoms with Crippen molar-refractivity contribution in [1.29, 1.82) is 0 Å². The van der Waals surface area contributed by atoms with E-state index in [4.69, 9.17) is 0 Å². The molecule has 2 aliphatic rings. The molecule has 1 aliphatic heterocycles. The van der Waals surface area contributed by atoms with E-state index >= 15 is 0 Å². The van der Waals surface area contributed by atoms with Crippen LogP contribution in [0.5, 0.6) is 0 Å². The van der Waals surface area contributed by atoms with Crippen LogP contribution in [0.15, 0.2) is 0 Å². The highest BCUT2D eigenvalue weighted by Crippen LogP contribution is 2.35. The van der Waals surface area contributed by atoms with Crippen molar-refractivity contribution in [1.82, 2.24) is 10.2 Å². The van der Waals surface area contributed by atoms with E-state index in [2.05, 4.69) is 24.1 Å². The molecule has 3 nitrogen and oxygen atoms in total. The lowest BCUT2D eigenvalue weighted by atomic mass is 9.77. The fraction of sp³-hybridized carbons (Fsp3) is 0.941. The standard InChI is InChI=1S/C17H32N2O/c1-5-6-14-9-15(18-17(20)12(2)3)11-19(10-14)16-8-7-13(16)4/h12-16H,5-11H2,1-4H3,(H,18,20). The number of nitrogens with zero attached hydrogens (tertiary/aromatic N) is 1. The molecule has 0 bridgehead atoms. The Balaban J connectivity index is 1.95. The molecule has 1 aliphatic carbocycles. The van der Waals surface area contributed by atoms with Gasteiger partial charge in [0.05, 0.1) is 0 Å². The number of nitrogens with one attached hydrogen (secondary N) is 1. The van der Waals surface area contributed by atoms with Gasteiger partial charge >= 0.3 is 0 Å². The van der Waals surface area contributed by atoms with E-state index in [9.17, 15) is 4.79 Å². The summed E-state index contributed by atoms with van der Waals surface area (Å²) in [6.07, 6.45) is 6.45. The highest BCUT2D eigenvalue weighted by Gasteiger charge is 2.37. The first-order chi connectivity index (χ1) is 9.51. The summed E-state index contributed by atoms with van der Waals surface area (Å²) >= 11 is 0. The van der Waals surface area contributed by atoms with Gasteiger partial charge in [-0.2, -0.15) is 0 Å². The first-order valence-electron chi connectivity index (χ1n) is 8.55. The summed E-state index contributed by atoms with van der Waals surface area (Å²) in [5.41, 5.74) is 0. The third-order valence-corrected chi connectivity index (χ3v) is 5.18. The maximum atomic E-state index is 12.0. The molecule has 0 aromatic carbocycles. The molecule has 116 valence electrons. The Morgan fingerprint density at radius 3 is 2.55 bits per heavy atom. The van der Waals surface area contributed by atoms with Crippen molar-refractivity contribution < 1.29 is 4.79 Å². The fourth-order valence-electron chi connectivity index (χ4n) is 3.79. The van der Waals surface area contributed by atoms with E-state index in [-0.39, 0.29) is 11.8 Å². The third kappa shape index (κ3) is 3.75. The first kappa shape index (κ1) is 15.8. The number of hydrogen-bond acceptors (Lipinski definition) is 2. The lowest BCUT2D eigenvalue weighted by Gasteiger charge is -2.48. The molecular formula is C17H32N2O. The van der Waals surface area contributed by atoms with Crippen molar-refractivity contribution in [2.24, 2.45) is 17.8 Å². The molecule has 0 aromatic heterocycles. The van der Waals surface area contributed by atoms with Crippen molar-refractivity contribution >= 4 is 5.91 Å². The highest BCUT2D eigenvalue weighted by atomic mass is 16.1. The summed E-state index contributed by atoms with van der Waals surface area (Å²) in [5, 5.41) is 3.27. The average molecular weight is 280 g/mol. The van der Waals surface area contributed by atoms with Crippen LogP contribution in [0.2, 0.25) is 0 Å². The highest BCUT2D eigenvalue weighted by molar-refractivity contribution is 5.78. The Bertz CT molecular complexity index is 329. The van der Waals surface area contributed by atoms with Crippen LogP contribution < -0.4 is 5.32 Å². The minimum absolute atomic E-state index is 0.0950. The second-order valence-electron chi connectivity index (χ2n) is 7.33. The molecular weight excluding hydrogens is 248 g/mol. The Morgan fingerprint density at radius 1 is 1.30 bits per heavy atom. The minimum atomic E-state index is 0.0950. The largest absolute Gasteiger partial charge is 0.352 e. The summed E-state index contributed by atoms with van der Waals surface area (Å²) in [6.45, 7) is 10.9. The molecule has 1 saturated carbocycles. The van der Waals surface area contributed by atoms with E-state index < -0.39 is 0 Å². The number of rotatable bonds is 5. The molecule has 0 radical (unpaired) electrons. The molecule has 0 spiro atoms. The topological polar surface area (TPSA) is 32.3 Å². The Morgan fingerprint density at radius 2 is 2.05 bits per heavy atom. The van der Waals surface area contributed by atoms with Crippen LogP contribution in [0, 0.1) is 17.8 Å². The monoisotopic (exact) mass is 280 g/mol. The van der Waals surface area contributed by atoms with Crippen LogP contribution in [-0.2, 0) is 4.79 Å². The third-order valence-electron chi connectivity index (χ3n) is 5.18. The quantitative estimate of drug-likeness (QED) is 0.839. The molecule has 3 heteroatoms. The van der Waals surface area contributed by atoms with Gasteiger partial charge in [0, 0.05) is 31.1 Å². The zero-order chi connectivity index (χ0) is 14.7. The van der Waals surface area contributed by atoms with Gasteiger partial charge in [0.15, 0.2) is 0 Å². The van der Waals surface area contributed by atoms with Crippen molar-refractivity contribution in [2.75, 3.05) is 13.1 Å². The molecule has 0 aromatic rings. The number of likely N-dealkylation sites (tertiary alicyclic amines) is 1. The lowest BCUT2D eigenvalue weighted by molar-refractivity contribution is -0.125. The van der Waals surface area contributed by atoms with E-state index in [0.29, 0.717) is 6.04 Å². The van der Waals surface area contributed by atoms with Crippen LogP contribution in [0.1, 0.15) is 59.8 Å². The number of piperidine rings is 1. The maximum Gasteiger partial charge on any atom is 0.222 e. The molecule has 2 fully saturated rings. The summed E-state index contributed by atoms with van der Waals surface area (Å²) in [7, 11) is 0. The smallest absolute Gasteiger partial charge is 0.222 e. The summed E-state index contributed by atoms with van der Waals surface area (Å²) in [4.78, 5) is 14.6. The SMILES string of the molecule is CCCC1CC(NC(=O)C(C)C)CN(C2CCC2C)C1. The van der Waals surface area contributed by atoms with Gasteiger partial charge in [-0.05, 0) is 37.5 Å². The van der Waals surface area contributed by atoms with Gasteiger partial charge in [0.2, 0.25) is 5.91 Å². The number of amides is 1. The van der Waals surface area contributed by atoms with Crippen LogP contribution in [0.25, 0.3) is 0 Å². The van der Waals surface area contributed by atoms with Gasteiger partial charge in [-0.1, -0.05) is 34.1 Å². The van der Waals surface area contributed by atoms with Gasteiger partial charge < -0.3 is 5.32 Å². The molecule has 1 heterocycles. The van der Waals surface area contributed by atoms with Gasteiger partial charge in [0.1, 0.15) is 0 Å². The van der Waals surface area contributed by atoms with Crippen molar-refractivity contribution in [2.45, 2.75) is 71.9 Å². The van der Waals surface area contributed by atoms with Crippen LogP contribution in [0.3, 0.4) is 0 Å². The Kier molecular flexibility index (Phi) is 5.48. The number of carbonyl (C=O) groups excluding carboxylic acids is 1. The van der Waals surface area contributed by atoms with E-state index in [1.807, 2.05) is 13.8 Å². The van der Waals surface area contributed by atoms with Gasteiger partial charge in [-0.15, -0.1) is 0 Å². The second-order valence-corrected chi connectivity index (χ2v) is 7.33. The van der Waals surface area contributed by atoms with Gasteiger partial charge in [0.25, 0.3) is 0 Å². The molecule has 4 unspecified atom stereocenters. The molecule has 1 N–H and O–H groups in total. The average Bonchev–Trinajstić information content (AvgIpc) is 2.37. The normalized spacial score (nSPS) is 34.9. The number of hydrogen-bond donors (Lipinski definition) is 1. The Hall–Kier alpha value is -0.570. The second kappa shape index (κ2) is 6.93. The Labute approximate surface area is 124 Å². The minimum Gasteiger partial charge on any atom is -0.352 e. The summed E-state index contributed by atoms with van der Waals surface area (Å²) in [6, 6.07) is 1.14. The molecule has 2 rings (SSSR count). The van der Waals surface area contributed by atoms with Crippen molar-refractivity contribution in [3.63, 3.8) is 0 Å². The van der Waals surface area contributed by atoms with Crippen LogP contribution >= 0.6 is 0 Å². The van der Waals surface area contributed by atoms with Crippen molar-refractivity contribution in [3.05, 3.63) is 0 Å². The molecule has 20 heavy (non-hydrogen) atoms. The van der Waals surface area contributed by atoms with E-state index in [0.717, 1.165) is 24.4 Å². The van der Waals surface area contributed by atoms with Crippen LogP contribution in [-0.4, -0.2) is 36.0 Å². The summed E-state index contributed by atoms with van der Waals surface area (Å²) < 4.78 is 0.